The Kier molecular flexibility index (Phi) is 6.48. The highest BCUT2D eigenvalue weighted by Gasteiger charge is 2.22. The molecule has 3 aromatic carbocycles. The number of aliphatic carboxylic acids is 1. The second kappa shape index (κ2) is 9.62. The summed E-state index contributed by atoms with van der Waals surface area (Å²) >= 11 is 1.79. The topological polar surface area (TPSA) is 59.0 Å². The zero-order valence-corrected chi connectivity index (χ0v) is 18.0. The van der Waals surface area contributed by atoms with Gasteiger partial charge >= 0.3 is 5.97 Å². The quantitative estimate of drug-likeness (QED) is 0.356. The lowest BCUT2D eigenvalue weighted by Gasteiger charge is -2.32. The average Bonchev–Trinajstić information content (AvgIpc) is 2.79. The van der Waals surface area contributed by atoms with E-state index in [-0.39, 0.29) is 5.76 Å². The molecule has 0 unspecified atom stereocenters. The normalized spacial score (nSPS) is 12.7. The van der Waals surface area contributed by atoms with Crippen molar-refractivity contribution in [1.82, 2.24) is 0 Å². The van der Waals surface area contributed by atoms with Crippen molar-refractivity contribution in [2.45, 2.75) is 16.7 Å². The molecule has 1 heterocycles. The molecule has 0 bridgehead atoms. The number of para-hydroxylation sites is 2. The number of ether oxygens (including phenoxy) is 2. The van der Waals surface area contributed by atoms with Gasteiger partial charge in [-0.1, -0.05) is 48.2 Å². The zero-order valence-electron chi connectivity index (χ0n) is 17.2. The van der Waals surface area contributed by atoms with Crippen LogP contribution in [0, 0.1) is 0 Å². The van der Waals surface area contributed by atoms with E-state index in [0.717, 1.165) is 11.3 Å². The van der Waals surface area contributed by atoms with Gasteiger partial charge in [0.15, 0.2) is 0 Å². The Balaban J connectivity index is 1.43. The van der Waals surface area contributed by atoms with Gasteiger partial charge in [0, 0.05) is 9.79 Å². The summed E-state index contributed by atoms with van der Waals surface area (Å²) in [5, 5.41) is 9.18. The first-order chi connectivity index (χ1) is 15.2. The van der Waals surface area contributed by atoms with Gasteiger partial charge in [-0.15, -0.1) is 0 Å². The molecule has 31 heavy (non-hydrogen) atoms. The van der Waals surface area contributed by atoms with Gasteiger partial charge in [-0.3, -0.25) is 0 Å². The third-order valence-electron chi connectivity index (χ3n) is 4.80. The van der Waals surface area contributed by atoms with Crippen LogP contribution in [-0.2, 0) is 9.53 Å². The SMILES string of the molecule is CCO/C(=C/c1ccc(OCCN2c3ccccc3Sc3ccccc32)cc1)C(=O)O. The third kappa shape index (κ3) is 4.86. The van der Waals surface area contributed by atoms with Crippen LogP contribution in [0.1, 0.15) is 12.5 Å². The van der Waals surface area contributed by atoms with Crippen LogP contribution >= 0.6 is 11.8 Å². The lowest BCUT2D eigenvalue weighted by molar-refractivity contribution is -0.136. The van der Waals surface area contributed by atoms with E-state index >= 15 is 0 Å². The summed E-state index contributed by atoms with van der Waals surface area (Å²) in [6, 6.07) is 24.1. The highest BCUT2D eigenvalue weighted by molar-refractivity contribution is 7.99. The van der Waals surface area contributed by atoms with Crippen LogP contribution in [-0.4, -0.2) is 30.8 Å². The molecule has 0 atom stereocenters. The fourth-order valence-corrected chi connectivity index (χ4v) is 4.50. The summed E-state index contributed by atoms with van der Waals surface area (Å²) in [5.74, 6) is -0.419. The summed E-state index contributed by atoms with van der Waals surface area (Å²) < 4.78 is 11.1. The van der Waals surface area contributed by atoms with Crippen molar-refractivity contribution in [2.75, 3.05) is 24.7 Å². The monoisotopic (exact) mass is 433 g/mol. The minimum absolute atomic E-state index is 0.0727. The van der Waals surface area contributed by atoms with Crippen LogP contribution in [0.2, 0.25) is 0 Å². The number of anilines is 2. The van der Waals surface area contributed by atoms with E-state index in [9.17, 15) is 9.90 Å². The number of carboxylic acid groups (broad SMARTS) is 1. The van der Waals surface area contributed by atoms with Crippen LogP contribution in [0.4, 0.5) is 11.4 Å². The second-order valence-corrected chi connectivity index (χ2v) is 7.94. The molecule has 5 nitrogen and oxygen atoms in total. The van der Waals surface area contributed by atoms with Crippen molar-refractivity contribution >= 4 is 35.2 Å². The zero-order chi connectivity index (χ0) is 21.6. The lowest BCUT2D eigenvalue weighted by atomic mass is 10.2. The first-order valence-corrected chi connectivity index (χ1v) is 10.9. The van der Waals surface area contributed by atoms with Gasteiger partial charge in [0.2, 0.25) is 5.76 Å². The van der Waals surface area contributed by atoms with E-state index < -0.39 is 5.97 Å². The number of benzene rings is 3. The summed E-state index contributed by atoms with van der Waals surface area (Å²) in [6.07, 6.45) is 1.51. The Morgan fingerprint density at radius 3 is 2.16 bits per heavy atom. The van der Waals surface area contributed by atoms with Crippen molar-refractivity contribution in [3.63, 3.8) is 0 Å². The van der Waals surface area contributed by atoms with Gasteiger partial charge < -0.3 is 19.5 Å². The number of hydrogen-bond donors (Lipinski definition) is 1. The Morgan fingerprint density at radius 2 is 1.58 bits per heavy atom. The molecule has 0 saturated heterocycles. The molecule has 6 heteroatoms. The van der Waals surface area contributed by atoms with Crippen molar-refractivity contribution in [3.8, 4) is 5.75 Å². The number of rotatable bonds is 8. The number of carbonyl (C=O) groups is 1. The molecular weight excluding hydrogens is 410 g/mol. The summed E-state index contributed by atoms with van der Waals surface area (Å²) in [4.78, 5) is 16.0. The average molecular weight is 434 g/mol. The first kappa shape index (κ1) is 20.9. The molecule has 0 aliphatic carbocycles. The standard InChI is InChI=1S/C25H23NO4S/c1-2-29-22(25(27)28)17-18-11-13-19(14-12-18)30-16-15-26-20-7-3-5-9-23(20)31-24-10-6-4-8-21(24)26/h3-14,17H,2,15-16H2,1H3,(H,27,28)/b22-17+. The molecule has 0 radical (unpaired) electrons. The molecule has 0 aromatic heterocycles. The van der Waals surface area contributed by atoms with Gasteiger partial charge in [0.05, 0.1) is 24.5 Å². The Hall–Kier alpha value is -3.38. The van der Waals surface area contributed by atoms with E-state index in [2.05, 4.69) is 53.4 Å². The minimum atomic E-state index is -1.08. The molecule has 0 fully saturated rings. The van der Waals surface area contributed by atoms with Crippen LogP contribution in [0.3, 0.4) is 0 Å². The number of hydrogen-bond acceptors (Lipinski definition) is 5. The van der Waals surface area contributed by atoms with Crippen LogP contribution < -0.4 is 9.64 Å². The molecule has 0 amide bonds. The fraction of sp³-hybridized carbons (Fsp3) is 0.160. The van der Waals surface area contributed by atoms with Gasteiger partial charge in [-0.25, -0.2) is 4.79 Å². The minimum Gasteiger partial charge on any atom is -0.492 e. The van der Waals surface area contributed by atoms with Crippen molar-refractivity contribution in [1.29, 1.82) is 0 Å². The van der Waals surface area contributed by atoms with Crippen molar-refractivity contribution in [3.05, 3.63) is 84.1 Å². The lowest BCUT2D eigenvalue weighted by Crippen LogP contribution is -2.26. The Morgan fingerprint density at radius 1 is 0.968 bits per heavy atom. The predicted octanol–water partition coefficient (Wildman–Crippen LogP) is 5.83. The second-order valence-electron chi connectivity index (χ2n) is 6.85. The van der Waals surface area contributed by atoms with Crippen molar-refractivity contribution < 1.29 is 19.4 Å². The molecule has 0 spiro atoms. The van der Waals surface area contributed by atoms with E-state index in [4.69, 9.17) is 9.47 Å². The molecule has 1 aliphatic heterocycles. The molecule has 1 N–H and O–H groups in total. The number of fused-ring (bicyclic) bond motifs is 2. The molecule has 1 aliphatic rings. The maximum Gasteiger partial charge on any atom is 0.371 e. The maximum atomic E-state index is 11.2. The van der Waals surface area contributed by atoms with Crippen LogP contribution in [0.5, 0.6) is 5.75 Å². The summed E-state index contributed by atoms with van der Waals surface area (Å²) in [6.45, 7) is 3.29. The molecule has 3 aromatic rings. The molecule has 0 saturated carbocycles. The van der Waals surface area contributed by atoms with E-state index in [1.807, 2.05) is 24.3 Å². The fourth-order valence-electron chi connectivity index (χ4n) is 3.41. The van der Waals surface area contributed by atoms with E-state index in [1.165, 1.54) is 27.2 Å². The molecule has 158 valence electrons. The van der Waals surface area contributed by atoms with E-state index in [1.54, 1.807) is 18.7 Å². The van der Waals surface area contributed by atoms with Crippen LogP contribution in [0.15, 0.2) is 88.3 Å². The first-order valence-electron chi connectivity index (χ1n) is 10.1. The van der Waals surface area contributed by atoms with Gasteiger partial charge in [0.25, 0.3) is 0 Å². The van der Waals surface area contributed by atoms with Crippen LogP contribution in [0.25, 0.3) is 6.08 Å². The van der Waals surface area contributed by atoms with Gasteiger partial charge in [0.1, 0.15) is 12.4 Å². The highest BCUT2D eigenvalue weighted by Crippen LogP contribution is 2.47. The van der Waals surface area contributed by atoms with Crippen molar-refractivity contribution in [2.24, 2.45) is 0 Å². The Bertz CT molecular complexity index is 1050. The van der Waals surface area contributed by atoms with Gasteiger partial charge in [-0.2, -0.15) is 0 Å². The van der Waals surface area contributed by atoms with E-state index in [0.29, 0.717) is 19.8 Å². The van der Waals surface area contributed by atoms with Gasteiger partial charge in [-0.05, 0) is 55.0 Å². The third-order valence-corrected chi connectivity index (χ3v) is 5.93. The smallest absolute Gasteiger partial charge is 0.371 e. The Labute approximate surface area is 185 Å². The predicted molar refractivity (Wildman–Crippen MR) is 123 cm³/mol. The number of nitrogens with zero attached hydrogens (tertiary/aromatic N) is 1. The maximum absolute atomic E-state index is 11.2. The largest absolute Gasteiger partial charge is 0.492 e. The summed E-state index contributed by atoms with van der Waals surface area (Å²) in [5.41, 5.74) is 3.12. The number of carboxylic acids is 1. The highest BCUT2D eigenvalue weighted by atomic mass is 32.2. The molecule has 4 rings (SSSR count). The summed E-state index contributed by atoms with van der Waals surface area (Å²) in [7, 11) is 0. The molecular formula is C25H23NO4S.